The van der Waals surface area contributed by atoms with Crippen LogP contribution in [0.4, 0.5) is 30.7 Å². The third-order valence-corrected chi connectivity index (χ3v) is 2.47. The van der Waals surface area contributed by atoms with Crippen molar-refractivity contribution in [3.05, 3.63) is 20.9 Å². The van der Waals surface area contributed by atoms with E-state index in [4.69, 9.17) is 0 Å². The SMILES string of the molecule is FCc1cc(I)c(C(F)(F)F)c(OC(F)(F)F)n1. The van der Waals surface area contributed by atoms with E-state index in [2.05, 4.69) is 9.72 Å². The first-order chi connectivity index (χ1) is 8.04. The van der Waals surface area contributed by atoms with Gasteiger partial charge in [0.1, 0.15) is 12.2 Å². The predicted octanol–water partition coefficient (Wildman–Crippen LogP) is 4.07. The molecule has 0 bridgehead atoms. The maximum Gasteiger partial charge on any atom is 0.574 e. The Labute approximate surface area is 109 Å². The van der Waals surface area contributed by atoms with Crippen LogP contribution in [0, 0.1) is 3.57 Å². The van der Waals surface area contributed by atoms with Gasteiger partial charge in [-0.1, -0.05) is 0 Å². The first-order valence-electron chi connectivity index (χ1n) is 4.13. The Hall–Kier alpha value is -0.810. The van der Waals surface area contributed by atoms with Gasteiger partial charge in [0, 0.05) is 3.57 Å². The van der Waals surface area contributed by atoms with Crippen molar-refractivity contribution in [1.29, 1.82) is 0 Å². The van der Waals surface area contributed by atoms with Crippen LogP contribution in [0.25, 0.3) is 0 Å². The second-order valence-corrected chi connectivity index (χ2v) is 4.12. The topological polar surface area (TPSA) is 22.1 Å². The van der Waals surface area contributed by atoms with Gasteiger partial charge in [-0.25, -0.2) is 9.37 Å². The molecule has 1 rings (SSSR count). The number of hydrogen-bond acceptors (Lipinski definition) is 2. The summed E-state index contributed by atoms with van der Waals surface area (Å²) in [5.41, 5.74) is -2.26. The Kier molecular flexibility index (Phi) is 4.28. The highest BCUT2D eigenvalue weighted by Crippen LogP contribution is 2.40. The van der Waals surface area contributed by atoms with Gasteiger partial charge >= 0.3 is 12.5 Å². The maximum absolute atomic E-state index is 12.5. The van der Waals surface area contributed by atoms with Gasteiger partial charge in [0.05, 0.1) is 5.69 Å². The molecule has 18 heavy (non-hydrogen) atoms. The summed E-state index contributed by atoms with van der Waals surface area (Å²) < 4.78 is 88.3. The largest absolute Gasteiger partial charge is 0.574 e. The Morgan fingerprint density at radius 3 is 2.11 bits per heavy atom. The molecule has 0 aliphatic carbocycles. The summed E-state index contributed by atoms with van der Waals surface area (Å²) in [5, 5.41) is 0. The fourth-order valence-corrected chi connectivity index (χ4v) is 1.94. The van der Waals surface area contributed by atoms with Crippen LogP contribution in [0.5, 0.6) is 5.88 Å². The van der Waals surface area contributed by atoms with Crippen LogP contribution in [0.1, 0.15) is 11.3 Å². The first kappa shape index (κ1) is 15.2. The summed E-state index contributed by atoms with van der Waals surface area (Å²) in [5.74, 6) is -1.70. The van der Waals surface area contributed by atoms with Crippen LogP contribution in [-0.4, -0.2) is 11.3 Å². The molecule has 102 valence electrons. The minimum absolute atomic E-state index is 0.577. The molecule has 0 aliphatic heterocycles. The molecule has 0 spiro atoms. The molecule has 0 fully saturated rings. The van der Waals surface area contributed by atoms with E-state index >= 15 is 0 Å². The van der Waals surface area contributed by atoms with Crippen molar-refractivity contribution in [2.45, 2.75) is 19.2 Å². The summed E-state index contributed by atoms with van der Waals surface area (Å²) >= 11 is 1.14. The van der Waals surface area contributed by atoms with Crippen molar-refractivity contribution in [2.75, 3.05) is 0 Å². The van der Waals surface area contributed by atoms with Gasteiger partial charge in [-0.3, -0.25) is 0 Å². The number of hydrogen-bond donors (Lipinski definition) is 0. The third kappa shape index (κ3) is 3.85. The molecular formula is C8H3F7INO. The van der Waals surface area contributed by atoms with E-state index < -0.39 is 39.9 Å². The maximum atomic E-state index is 12.5. The second kappa shape index (κ2) is 5.05. The van der Waals surface area contributed by atoms with Gasteiger partial charge in [-0.2, -0.15) is 13.2 Å². The number of alkyl halides is 7. The Bertz CT molecular complexity index is 442. The lowest BCUT2D eigenvalue weighted by molar-refractivity contribution is -0.278. The number of nitrogens with zero attached hydrogens (tertiary/aromatic N) is 1. The van der Waals surface area contributed by atoms with Crippen molar-refractivity contribution in [1.82, 2.24) is 4.98 Å². The molecule has 0 saturated heterocycles. The molecule has 1 aromatic rings. The monoisotopic (exact) mass is 389 g/mol. The summed E-state index contributed by atoms with van der Waals surface area (Å²) in [6, 6.07) is 0.701. The molecule has 0 aliphatic rings. The summed E-state index contributed by atoms with van der Waals surface area (Å²) in [6.07, 6.45) is -10.4. The first-order valence-corrected chi connectivity index (χ1v) is 5.21. The van der Waals surface area contributed by atoms with Crippen LogP contribution in [0.15, 0.2) is 6.07 Å². The lowest BCUT2D eigenvalue weighted by atomic mass is 10.2. The molecule has 0 atom stereocenters. The normalized spacial score (nSPS) is 12.7. The third-order valence-electron chi connectivity index (χ3n) is 1.62. The van der Waals surface area contributed by atoms with Crippen LogP contribution >= 0.6 is 22.6 Å². The van der Waals surface area contributed by atoms with E-state index in [0.29, 0.717) is 6.07 Å². The molecule has 0 unspecified atom stereocenters. The second-order valence-electron chi connectivity index (χ2n) is 2.95. The van der Waals surface area contributed by atoms with Gasteiger partial charge in [0.15, 0.2) is 0 Å². The van der Waals surface area contributed by atoms with E-state index in [9.17, 15) is 30.7 Å². The molecule has 0 N–H and O–H groups in total. The van der Waals surface area contributed by atoms with E-state index in [1.807, 2.05) is 0 Å². The van der Waals surface area contributed by atoms with Crippen LogP contribution < -0.4 is 4.74 Å². The average molecular weight is 389 g/mol. The number of pyridine rings is 1. The van der Waals surface area contributed by atoms with E-state index in [0.717, 1.165) is 22.6 Å². The summed E-state index contributed by atoms with van der Waals surface area (Å²) in [7, 11) is 0. The van der Waals surface area contributed by atoms with E-state index in [1.165, 1.54) is 0 Å². The smallest absolute Gasteiger partial charge is 0.387 e. The molecule has 0 radical (unpaired) electrons. The van der Waals surface area contributed by atoms with Gasteiger partial charge in [-0.15, -0.1) is 13.2 Å². The van der Waals surface area contributed by atoms with Gasteiger partial charge in [-0.05, 0) is 28.7 Å². The molecule has 1 aromatic heterocycles. The number of rotatable bonds is 2. The van der Waals surface area contributed by atoms with Crippen LogP contribution in [-0.2, 0) is 12.9 Å². The van der Waals surface area contributed by atoms with Crippen molar-refractivity contribution in [3.63, 3.8) is 0 Å². The lowest BCUT2D eigenvalue weighted by Gasteiger charge is -2.16. The van der Waals surface area contributed by atoms with Crippen molar-refractivity contribution in [3.8, 4) is 5.88 Å². The summed E-state index contributed by atoms with van der Waals surface area (Å²) in [6.45, 7) is -1.30. The van der Waals surface area contributed by atoms with Gasteiger partial charge in [0.25, 0.3) is 0 Å². The van der Waals surface area contributed by atoms with Crippen LogP contribution in [0.3, 0.4) is 0 Å². The molecular weight excluding hydrogens is 386 g/mol. The highest BCUT2D eigenvalue weighted by atomic mass is 127. The molecule has 1 heterocycles. The Morgan fingerprint density at radius 2 is 1.72 bits per heavy atom. The van der Waals surface area contributed by atoms with Crippen molar-refractivity contribution >= 4 is 22.6 Å². The standard InChI is InChI=1S/C8H3F7INO/c9-2-3-1-4(16)5(7(10,11)12)6(17-3)18-8(13,14)15/h1H,2H2. The molecule has 2 nitrogen and oxygen atoms in total. The fourth-order valence-electron chi connectivity index (χ4n) is 1.05. The van der Waals surface area contributed by atoms with Gasteiger partial charge in [0.2, 0.25) is 5.88 Å². The number of ether oxygens (including phenoxy) is 1. The highest BCUT2D eigenvalue weighted by Gasteiger charge is 2.42. The number of aromatic nitrogens is 1. The minimum Gasteiger partial charge on any atom is -0.387 e. The predicted molar refractivity (Wildman–Crippen MR) is 53.5 cm³/mol. The van der Waals surface area contributed by atoms with Crippen molar-refractivity contribution in [2.24, 2.45) is 0 Å². The average Bonchev–Trinajstić information content (AvgIpc) is 2.11. The Morgan fingerprint density at radius 1 is 1.17 bits per heavy atom. The fraction of sp³-hybridized carbons (Fsp3) is 0.375. The van der Waals surface area contributed by atoms with Gasteiger partial charge < -0.3 is 4.74 Å². The summed E-state index contributed by atoms with van der Waals surface area (Å²) in [4.78, 5) is 2.86. The molecule has 0 aromatic carbocycles. The minimum atomic E-state index is -5.34. The highest BCUT2D eigenvalue weighted by molar-refractivity contribution is 14.1. The van der Waals surface area contributed by atoms with Crippen LogP contribution in [0.2, 0.25) is 0 Å². The lowest BCUT2D eigenvalue weighted by Crippen LogP contribution is -2.22. The molecule has 10 heteroatoms. The zero-order valence-corrected chi connectivity index (χ0v) is 10.3. The Balaban J connectivity index is 3.39. The molecule has 0 amide bonds. The molecule has 0 saturated carbocycles. The zero-order valence-electron chi connectivity index (χ0n) is 8.16. The quantitative estimate of drug-likeness (QED) is 0.562. The van der Waals surface area contributed by atoms with E-state index in [-0.39, 0.29) is 0 Å². The van der Waals surface area contributed by atoms with E-state index in [1.54, 1.807) is 0 Å². The number of halogens is 8. The van der Waals surface area contributed by atoms with Crippen molar-refractivity contribution < 1.29 is 35.5 Å². The zero-order chi connectivity index (χ0) is 14.1.